The monoisotopic (exact) mass is 374 g/mol. The number of rotatable bonds is 6. The number of anilines is 1. The van der Waals surface area contributed by atoms with Gasteiger partial charge in [0, 0.05) is 24.5 Å². The summed E-state index contributed by atoms with van der Waals surface area (Å²) in [5.74, 6) is 2.25. The van der Waals surface area contributed by atoms with E-state index in [9.17, 15) is 0 Å². The molecule has 0 saturated carbocycles. The molecule has 0 aliphatic rings. The number of aromatic nitrogens is 3. The molecule has 0 aliphatic heterocycles. The Hall–Kier alpha value is -3.41. The number of aryl methyl sites for hydroxylation is 1. The molecule has 28 heavy (non-hydrogen) atoms. The van der Waals surface area contributed by atoms with Crippen LogP contribution in [0.5, 0.6) is 0 Å². The van der Waals surface area contributed by atoms with E-state index < -0.39 is 0 Å². The SMILES string of the molecule is C=C(NC(C=C(C)C)=NC)Nc1ccc(CC)c(-c2nc3ccncc3[nH]2)c1. The van der Waals surface area contributed by atoms with Gasteiger partial charge in [0.15, 0.2) is 0 Å². The van der Waals surface area contributed by atoms with Gasteiger partial charge in [-0.1, -0.05) is 25.1 Å². The number of imidazole rings is 1. The Morgan fingerprint density at radius 2 is 2.11 bits per heavy atom. The molecule has 0 atom stereocenters. The van der Waals surface area contributed by atoms with Crippen molar-refractivity contribution in [2.24, 2.45) is 4.99 Å². The summed E-state index contributed by atoms with van der Waals surface area (Å²) in [5.41, 5.74) is 6.20. The van der Waals surface area contributed by atoms with Crippen molar-refractivity contribution in [1.82, 2.24) is 20.3 Å². The number of aromatic amines is 1. The summed E-state index contributed by atoms with van der Waals surface area (Å²) in [6.45, 7) is 10.3. The molecule has 3 aromatic rings. The smallest absolute Gasteiger partial charge is 0.138 e. The van der Waals surface area contributed by atoms with Crippen LogP contribution < -0.4 is 10.6 Å². The third kappa shape index (κ3) is 4.46. The van der Waals surface area contributed by atoms with Gasteiger partial charge in [0.25, 0.3) is 0 Å². The number of allylic oxidation sites excluding steroid dienone is 1. The Labute approximate surface area is 165 Å². The molecule has 2 heterocycles. The van der Waals surface area contributed by atoms with Gasteiger partial charge < -0.3 is 15.6 Å². The van der Waals surface area contributed by atoms with E-state index >= 15 is 0 Å². The molecule has 0 unspecified atom stereocenters. The highest BCUT2D eigenvalue weighted by molar-refractivity contribution is 5.94. The largest absolute Gasteiger partial charge is 0.342 e. The summed E-state index contributed by atoms with van der Waals surface area (Å²) in [5, 5.41) is 6.50. The summed E-state index contributed by atoms with van der Waals surface area (Å²) in [7, 11) is 1.75. The maximum atomic E-state index is 4.72. The van der Waals surface area contributed by atoms with Crippen molar-refractivity contribution in [2.75, 3.05) is 12.4 Å². The van der Waals surface area contributed by atoms with Gasteiger partial charge in [0.1, 0.15) is 17.5 Å². The van der Waals surface area contributed by atoms with Gasteiger partial charge in [0.2, 0.25) is 0 Å². The van der Waals surface area contributed by atoms with Gasteiger partial charge in [-0.2, -0.15) is 0 Å². The highest BCUT2D eigenvalue weighted by Gasteiger charge is 2.11. The third-order valence-electron chi connectivity index (χ3n) is 4.27. The predicted molar refractivity (Wildman–Crippen MR) is 117 cm³/mol. The number of nitrogens with one attached hydrogen (secondary N) is 3. The van der Waals surface area contributed by atoms with Crippen molar-refractivity contribution >= 4 is 22.6 Å². The molecule has 1 aromatic carbocycles. The first-order chi connectivity index (χ1) is 13.5. The number of pyridine rings is 1. The first kappa shape index (κ1) is 19.4. The van der Waals surface area contributed by atoms with E-state index in [-0.39, 0.29) is 0 Å². The first-order valence-corrected chi connectivity index (χ1v) is 9.27. The number of hydrogen-bond acceptors (Lipinski definition) is 4. The molecule has 0 bridgehead atoms. The number of fused-ring (bicyclic) bond motifs is 1. The van der Waals surface area contributed by atoms with Crippen LogP contribution >= 0.6 is 0 Å². The van der Waals surface area contributed by atoms with E-state index in [1.807, 2.05) is 32.1 Å². The van der Waals surface area contributed by atoms with Crippen LogP contribution in [-0.2, 0) is 6.42 Å². The lowest BCUT2D eigenvalue weighted by molar-refractivity contribution is 1.11. The second kappa shape index (κ2) is 8.52. The second-order valence-corrected chi connectivity index (χ2v) is 6.76. The quantitative estimate of drug-likeness (QED) is 0.433. The molecule has 0 aliphatic carbocycles. The normalized spacial score (nSPS) is 11.4. The molecule has 0 radical (unpaired) electrons. The molecule has 6 heteroatoms. The predicted octanol–water partition coefficient (Wildman–Crippen LogP) is 4.65. The fourth-order valence-corrected chi connectivity index (χ4v) is 2.96. The van der Waals surface area contributed by atoms with Crippen molar-refractivity contribution < 1.29 is 0 Å². The lowest BCUT2D eigenvalue weighted by Gasteiger charge is -2.14. The van der Waals surface area contributed by atoms with E-state index in [0.29, 0.717) is 5.82 Å². The fourth-order valence-electron chi connectivity index (χ4n) is 2.96. The van der Waals surface area contributed by atoms with Crippen LogP contribution in [0.15, 0.2) is 65.7 Å². The van der Waals surface area contributed by atoms with Crippen LogP contribution in [0.25, 0.3) is 22.4 Å². The zero-order valence-corrected chi connectivity index (χ0v) is 16.8. The van der Waals surface area contributed by atoms with Crippen molar-refractivity contribution in [3.63, 3.8) is 0 Å². The van der Waals surface area contributed by atoms with E-state index in [2.05, 4.69) is 51.2 Å². The maximum absolute atomic E-state index is 4.72. The summed E-state index contributed by atoms with van der Waals surface area (Å²) in [6, 6.07) is 8.15. The molecule has 0 saturated heterocycles. The summed E-state index contributed by atoms with van der Waals surface area (Å²) >= 11 is 0. The van der Waals surface area contributed by atoms with Crippen molar-refractivity contribution in [3.8, 4) is 11.4 Å². The number of aliphatic imine (C=N–C) groups is 1. The van der Waals surface area contributed by atoms with Crippen LogP contribution in [0, 0.1) is 0 Å². The molecule has 3 N–H and O–H groups in total. The Kier molecular flexibility index (Phi) is 5.89. The second-order valence-electron chi connectivity index (χ2n) is 6.76. The number of hydrogen-bond donors (Lipinski definition) is 3. The lowest BCUT2D eigenvalue weighted by Crippen LogP contribution is -2.25. The Bertz CT molecular complexity index is 1020. The lowest BCUT2D eigenvalue weighted by atomic mass is 10.0. The van der Waals surface area contributed by atoms with Gasteiger partial charge in [-0.15, -0.1) is 0 Å². The Balaban J connectivity index is 1.86. The van der Waals surface area contributed by atoms with Gasteiger partial charge in [-0.05, 0) is 50.1 Å². The summed E-state index contributed by atoms with van der Waals surface area (Å²) in [4.78, 5) is 16.5. The van der Waals surface area contributed by atoms with Gasteiger partial charge in [-0.3, -0.25) is 9.98 Å². The summed E-state index contributed by atoms with van der Waals surface area (Å²) < 4.78 is 0. The highest BCUT2D eigenvalue weighted by Crippen LogP contribution is 2.27. The van der Waals surface area contributed by atoms with Crippen LogP contribution in [0.4, 0.5) is 5.69 Å². The van der Waals surface area contributed by atoms with Gasteiger partial charge in [0.05, 0.1) is 17.2 Å². The average molecular weight is 374 g/mol. The fraction of sp³-hybridized carbons (Fsp3) is 0.227. The molecular formula is C22H26N6. The standard InChI is InChI=1S/C22H26N6/c1-6-16-7-8-17(25-15(4)26-21(23-5)11-14(2)3)12-18(16)22-27-19-9-10-24-13-20(19)28-22/h7-13,25H,4,6H2,1-3,5H3,(H,23,26)(H,27,28). The minimum Gasteiger partial charge on any atom is -0.342 e. The molecule has 0 spiro atoms. The van der Waals surface area contributed by atoms with Crippen molar-refractivity contribution in [2.45, 2.75) is 27.2 Å². The molecule has 2 aromatic heterocycles. The molecule has 0 amide bonds. The Morgan fingerprint density at radius 3 is 2.79 bits per heavy atom. The van der Waals surface area contributed by atoms with E-state index in [0.717, 1.165) is 45.9 Å². The number of nitrogens with zero attached hydrogens (tertiary/aromatic N) is 3. The minimum atomic E-state index is 0.655. The van der Waals surface area contributed by atoms with Crippen LogP contribution in [-0.4, -0.2) is 27.8 Å². The van der Waals surface area contributed by atoms with Gasteiger partial charge >= 0.3 is 0 Å². The van der Waals surface area contributed by atoms with Crippen molar-refractivity contribution in [1.29, 1.82) is 0 Å². The molecular weight excluding hydrogens is 348 g/mol. The number of benzene rings is 1. The maximum Gasteiger partial charge on any atom is 0.138 e. The summed E-state index contributed by atoms with van der Waals surface area (Å²) in [6.07, 6.45) is 6.43. The van der Waals surface area contributed by atoms with E-state index in [1.165, 1.54) is 5.56 Å². The highest BCUT2D eigenvalue weighted by atomic mass is 15.1. The van der Waals surface area contributed by atoms with Crippen LogP contribution in [0.2, 0.25) is 0 Å². The van der Waals surface area contributed by atoms with Gasteiger partial charge in [-0.25, -0.2) is 4.98 Å². The third-order valence-corrected chi connectivity index (χ3v) is 4.27. The van der Waals surface area contributed by atoms with Crippen LogP contribution in [0.1, 0.15) is 26.3 Å². The van der Waals surface area contributed by atoms with E-state index in [4.69, 9.17) is 4.98 Å². The zero-order valence-electron chi connectivity index (χ0n) is 16.8. The van der Waals surface area contributed by atoms with Crippen molar-refractivity contribution in [3.05, 3.63) is 66.3 Å². The number of H-pyrrole nitrogens is 1. The molecule has 144 valence electrons. The van der Waals surface area contributed by atoms with Crippen LogP contribution in [0.3, 0.4) is 0 Å². The zero-order chi connectivity index (χ0) is 20.1. The molecule has 0 fully saturated rings. The molecule has 6 nitrogen and oxygen atoms in total. The average Bonchev–Trinajstić information content (AvgIpc) is 3.11. The number of amidine groups is 1. The molecule has 3 rings (SSSR count). The topological polar surface area (TPSA) is 78.0 Å². The minimum absolute atomic E-state index is 0.655. The van der Waals surface area contributed by atoms with E-state index in [1.54, 1.807) is 19.4 Å². The first-order valence-electron chi connectivity index (χ1n) is 9.27. The Morgan fingerprint density at radius 1 is 1.29 bits per heavy atom.